The maximum Gasteiger partial charge on any atom is 0.331 e. The summed E-state index contributed by atoms with van der Waals surface area (Å²) in [5.41, 5.74) is 0.207. The van der Waals surface area contributed by atoms with Crippen molar-refractivity contribution >= 4 is 11.9 Å². The molecule has 0 saturated heterocycles. The zero-order chi connectivity index (χ0) is 13.6. The lowest BCUT2D eigenvalue weighted by molar-refractivity contribution is -0.151. The third-order valence-corrected chi connectivity index (χ3v) is 5.33. The van der Waals surface area contributed by atoms with Crippen molar-refractivity contribution in [2.24, 2.45) is 16.7 Å². The molecule has 0 aromatic carbocycles. The lowest BCUT2D eigenvalue weighted by Crippen LogP contribution is -2.38. The average molecular weight is 252 g/mol. The van der Waals surface area contributed by atoms with E-state index in [4.69, 9.17) is 9.84 Å². The molecule has 0 aromatic rings. The third-order valence-electron chi connectivity index (χ3n) is 5.33. The molecule has 3 atom stereocenters. The lowest BCUT2D eigenvalue weighted by atomic mass is 9.70. The van der Waals surface area contributed by atoms with Gasteiger partial charge in [0.25, 0.3) is 0 Å². The van der Waals surface area contributed by atoms with Crippen LogP contribution in [0.4, 0.5) is 0 Å². The van der Waals surface area contributed by atoms with Crippen molar-refractivity contribution in [1.29, 1.82) is 0 Å². The lowest BCUT2D eigenvalue weighted by Gasteiger charge is -2.38. The van der Waals surface area contributed by atoms with Gasteiger partial charge in [-0.05, 0) is 30.6 Å². The Morgan fingerprint density at radius 3 is 2.39 bits per heavy atom. The van der Waals surface area contributed by atoms with Gasteiger partial charge in [-0.3, -0.25) is 0 Å². The first-order valence-electron chi connectivity index (χ1n) is 6.39. The van der Waals surface area contributed by atoms with Gasteiger partial charge < -0.3 is 9.84 Å². The van der Waals surface area contributed by atoms with E-state index in [-0.39, 0.29) is 16.9 Å². The number of hydrogen-bond donors (Lipinski definition) is 1. The van der Waals surface area contributed by atoms with E-state index in [9.17, 15) is 9.59 Å². The normalized spacial score (nSPS) is 37.1. The Labute approximate surface area is 107 Å². The maximum absolute atomic E-state index is 11.6. The molecule has 2 saturated carbocycles. The number of hydrogen-bond acceptors (Lipinski definition) is 3. The molecular weight excluding hydrogens is 232 g/mol. The van der Waals surface area contributed by atoms with E-state index in [1.807, 2.05) is 0 Å². The van der Waals surface area contributed by atoms with Crippen LogP contribution in [0.5, 0.6) is 0 Å². The van der Waals surface area contributed by atoms with E-state index in [1.54, 1.807) is 0 Å². The Hall–Kier alpha value is -1.32. The van der Waals surface area contributed by atoms with Crippen molar-refractivity contribution in [3.63, 3.8) is 0 Å². The SMILES string of the molecule is CC1(C)C2CCC1(C)C(OC(=O)C=CC(=O)O)C2. The molecule has 0 spiro atoms. The quantitative estimate of drug-likeness (QED) is 0.618. The molecule has 0 radical (unpaired) electrons. The van der Waals surface area contributed by atoms with Crippen molar-refractivity contribution in [2.75, 3.05) is 0 Å². The second kappa shape index (κ2) is 4.11. The van der Waals surface area contributed by atoms with Crippen LogP contribution in [-0.2, 0) is 14.3 Å². The summed E-state index contributed by atoms with van der Waals surface area (Å²) in [6, 6.07) is 0. The summed E-state index contributed by atoms with van der Waals surface area (Å²) < 4.78 is 5.45. The summed E-state index contributed by atoms with van der Waals surface area (Å²) in [5.74, 6) is -1.08. The van der Waals surface area contributed by atoms with Crippen LogP contribution in [-0.4, -0.2) is 23.1 Å². The molecule has 0 aromatic heterocycles. The van der Waals surface area contributed by atoms with Crippen LogP contribution in [0.1, 0.15) is 40.0 Å². The van der Waals surface area contributed by atoms with Crippen LogP contribution in [0.3, 0.4) is 0 Å². The number of carbonyl (C=O) groups is 2. The highest BCUT2D eigenvalue weighted by Crippen LogP contribution is 2.66. The predicted octanol–water partition coefficient (Wildman–Crippen LogP) is 2.39. The highest BCUT2D eigenvalue weighted by atomic mass is 16.5. The molecule has 2 aliphatic carbocycles. The van der Waals surface area contributed by atoms with Crippen molar-refractivity contribution in [1.82, 2.24) is 0 Å². The van der Waals surface area contributed by atoms with Crippen molar-refractivity contribution < 1.29 is 19.4 Å². The number of ether oxygens (including phenoxy) is 1. The predicted molar refractivity (Wildman–Crippen MR) is 65.9 cm³/mol. The number of carboxylic acid groups (broad SMARTS) is 1. The van der Waals surface area contributed by atoms with Gasteiger partial charge in [0.2, 0.25) is 0 Å². The highest BCUT2D eigenvalue weighted by Gasteiger charge is 2.62. The summed E-state index contributed by atoms with van der Waals surface area (Å²) in [7, 11) is 0. The van der Waals surface area contributed by atoms with Gasteiger partial charge >= 0.3 is 11.9 Å². The fourth-order valence-corrected chi connectivity index (χ4v) is 3.63. The van der Waals surface area contributed by atoms with Gasteiger partial charge in [-0.25, -0.2) is 9.59 Å². The largest absolute Gasteiger partial charge is 0.478 e. The first-order valence-corrected chi connectivity index (χ1v) is 6.39. The Bertz CT molecular complexity index is 410. The molecule has 4 heteroatoms. The monoisotopic (exact) mass is 252 g/mol. The van der Waals surface area contributed by atoms with E-state index < -0.39 is 11.9 Å². The average Bonchev–Trinajstić information content (AvgIpc) is 2.59. The van der Waals surface area contributed by atoms with Gasteiger partial charge in [-0.15, -0.1) is 0 Å². The fourth-order valence-electron chi connectivity index (χ4n) is 3.63. The van der Waals surface area contributed by atoms with Crippen molar-refractivity contribution in [3.8, 4) is 0 Å². The summed E-state index contributed by atoms with van der Waals surface area (Å²) in [6.07, 6.45) is 4.90. The Morgan fingerprint density at radius 1 is 1.28 bits per heavy atom. The Kier molecular flexibility index (Phi) is 2.99. The topological polar surface area (TPSA) is 63.6 Å². The van der Waals surface area contributed by atoms with Crippen molar-refractivity contribution in [3.05, 3.63) is 12.2 Å². The molecule has 2 rings (SSSR count). The van der Waals surface area contributed by atoms with Crippen molar-refractivity contribution in [2.45, 2.75) is 46.1 Å². The van der Waals surface area contributed by atoms with Crippen LogP contribution in [0, 0.1) is 16.7 Å². The van der Waals surface area contributed by atoms with E-state index >= 15 is 0 Å². The Morgan fingerprint density at radius 2 is 1.94 bits per heavy atom. The Balaban J connectivity index is 2.05. The number of fused-ring (bicyclic) bond motifs is 2. The molecule has 2 bridgehead atoms. The summed E-state index contributed by atoms with van der Waals surface area (Å²) >= 11 is 0. The zero-order valence-corrected chi connectivity index (χ0v) is 11.1. The standard InChI is InChI=1S/C14H20O4/c1-13(2)9-6-7-14(13,3)10(8-9)18-12(17)5-4-11(15)16/h4-5,9-10H,6-8H2,1-3H3,(H,15,16). The van der Waals surface area contributed by atoms with Gasteiger partial charge in [-0.2, -0.15) is 0 Å². The van der Waals surface area contributed by atoms with Crippen LogP contribution in [0.25, 0.3) is 0 Å². The number of carbonyl (C=O) groups excluding carboxylic acids is 1. The van der Waals surface area contributed by atoms with Crippen LogP contribution < -0.4 is 0 Å². The molecule has 2 aliphatic rings. The summed E-state index contributed by atoms with van der Waals surface area (Å²) in [6.45, 7) is 6.66. The van der Waals surface area contributed by atoms with Gasteiger partial charge in [-0.1, -0.05) is 20.8 Å². The number of rotatable bonds is 3. The molecule has 100 valence electrons. The second-order valence-corrected chi connectivity index (χ2v) is 6.21. The molecular formula is C14H20O4. The molecule has 0 aliphatic heterocycles. The minimum Gasteiger partial charge on any atom is -0.478 e. The molecule has 3 unspecified atom stereocenters. The maximum atomic E-state index is 11.6. The number of aliphatic carboxylic acids is 1. The number of esters is 1. The molecule has 1 N–H and O–H groups in total. The summed E-state index contributed by atoms with van der Waals surface area (Å²) in [5, 5.41) is 8.47. The van der Waals surface area contributed by atoms with Gasteiger partial charge in [0.05, 0.1) is 0 Å². The molecule has 4 nitrogen and oxygen atoms in total. The van der Waals surface area contributed by atoms with E-state index in [2.05, 4.69) is 20.8 Å². The highest BCUT2D eigenvalue weighted by molar-refractivity contribution is 5.90. The fraction of sp³-hybridized carbons (Fsp3) is 0.714. The smallest absolute Gasteiger partial charge is 0.331 e. The molecule has 18 heavy (non-hydrogen) atoms. The van der Waals surface area contributed by atoms with E-state index in [0.29, 0.717) is 5.92 Å². The first-order chi connectivity index (χ1) is 8.27. The minimum atomic E-state index is -1.13. The van der Waals surface area contributed by atoms with Crippen LogP contribution in [0.2, 0.25) is 0 Å². The third kappa shape index (κ3) is 1.84. The van der Waals surface area contributed by atoms with Gasteiger partial charge in [0.15, 0.2) is 0 Å². The summed E-state index contributed by atoms with van der Waals surface area (Å²) in [4.78, 5) is 21.9. The first kappa shape index (κ1) is 13.1. The second-order valence-electron chi connectivity index (χ2n) is 6.21. The van der Waals surface area contributed by atoms with Gasteiger partial charge in [0.1, 0.15) is 6.10 Å². The van der Waals surface area contributed by atoms with Crippen LogP contribution in [0.15, 0.2) is 12.2 Å². The van der Waals surface area contributed by atoms with Crippen LogP contribution >= 0.6 is 0 Å². The minimum absolute atomic E-state index is 0.0182. The van der Waals surface area contributed by atoms with E-state index in [1.165, 1.54) is 6.42 Å². The molecule has 0 amide bonds. The number of carboxylic acids is 1. The molecule has 2 fully saturated rings. The van der Waals surface area contributed by atoms with E-state index in [0.717, 1.165) is 25.0 Å². The van der Waals surface area contributed by atoms with Gasteiger partial charge in [0, 0.05) is 17.6 Å². The molecule has 0 heterocycles. The zero-order valence-electron chi connectivity index (χ0n) is 11.1.